The first-order chi connectivity index (χ1) is 10.7. The van der Waals surface area contributed by atoms with Crippen LogP contribution in [0.2, 0.25) is 0 Å². The van der Waals surface area contributed by atoms with Crippen molar-refractivity contribution < 1.29 is 14.3 Å². The summed E-state index contributed by atoms with van der Waals surface area (Å²) in [6, 6.07) is 7.49. The van der Waals surface area contributed by atoms with Crippen LogP contribution < -0.4 is 10.1 Å². The number of hydrogen-bond donors (Lipinski definition) is 1. The van der Waals surface area contributed by atoms with Crippen LogP contribution >= 0.6 is 0 Å². The van der Waals surface area contributed by atoms with E-state index >= 15 is 0 Å². The molecule has 1 fully saturated rings. The van der Waals surface area contributed by atoms with Gasteiger partial charge < -0.3 is 14.4 Å². The van der Waals surface area contributed by atoms with Crippen molar-refractivity contribution >= 4 is 22.8 Å². The van der Waals surface area contributed by atoms with E-state index in [9.17, 15) is 4.79 Å². The first-order valence-corrected chi connectivity index (χ1v) is 7.26. The molecule has 1 aromatic heterocycles. The van der Waals surface area contributed by atoms with E-state index in [0.29, 0.717) is 32.1 Å². The summed E-state index contributed by atoms with van der Waals surface area (Å²) in [5.74, 6) is 1.30. The van der Waals surface area contributed by atoms with Crippen molar-refractivity contribution in [2.45, 2.75) is 6.92 Å². The van der Waals surface area contributed by atoms with Crippen molar-refractivity contribution in [2.75, 3.05) is 38.7 Å². The summed E-state index contributed by atoms with van der Waals surface area (Å²) >= 11 is 0. The first-order valence-electron chi connectivity index (χ1n) is 7.26. The van der Waals surface area contributed by atoms with Gasteiger partial charge in [0.15, 0.2) is 0 Å². The molecule has 1 aliphatic rings. The Morgan fingerprint density at radius 2 is 2.09 bits per heavy atom. The zero-order valence-corrected chi connectivity index (χ0v) is 12.8. The Hall–Kier alpha value is -2.34. The predicted octanol–water partition coefficient (Wildman–Crippen LogP) is 2.42. The van der Waals surface area contributed by atoms with Gasteiger partial charge in [0.25, 0.3) is 0 Å². The highest BCUT2D eigenvalue weighted by Gasteiger charge is 2.17. The Kier molecular flexibility index (Phi) is 4.11. The monoisotopic (exact) mass is 301 g/mol. The van der Waals surface area contributed by atoms with E-state index in [2.05, 4.69) is 10.3 Å². The second-order valence-electron chi connectivity index (χ2n) is 5.24. The van der Waals surface area contributed by atoms with E-state index in [1.807, 2.05) is 31.2 Å². The average molecular weight is 301 g/mol. The highest BCUT2D eigenvalue weighted by molar-refractivity contribution is 5.91. The summed E-state index contributed by atoms with van der Waals surface area (Å²) in [5.41, 5.74) is 1.86. The second kappa shape index (κ2) is 6.19. The molecule has 6 heteroatoms. The van der Waals surface area contributed by atoms with Crippen molar-refractivity contribution in [3.63, 3.8) is 0 Å². The van der Waals surface area contributed by atoms with Gasteiger partial charge in [-0.05, 0) is 30.7 Å². The maximum absolute atomic E-state index is 12.2. The molecule has 6 nitrogen and oxygen atoms in total. The number of hydrogen-bond acceptors (Lipinski definition) is 4. The van der Waals surface area contributed by atoms with Gasteiger partial charge in [-0.1, -0.05) is 0 Å². The molecular formula is C16H19N3O3. The normalized spacial score (nSPS) is 14.9. The third-order valence-electron chi connectivity index (χ3n) is 3.76. The van der Waals surface area contributed by atoms with Crippen LogP contribution in [0.5, 0.6) is 5.75 Å². The van der Waals surface area contributed by atoms with Crippen molar-refractivity contribution in [1.29, 1.82) is 0 Å². The molecule has 2 aromatic rings. The number of rotatable bonds is 2. The topological polar surface area (TPSA) is 63.7 Å². The number of ether oxygens (including phenoxy) is 2. The van der Waals surface area contributed by atoms with Gasteiger partial charge >= 0.3 is 6.03 Å². The minimum absolute atomic E-state index is 0.141. The lowest BCUT2D eigenvalue weighted by Gasteiger charge is -2.26. The summed E-state index contributed by atoms with van der Waals surface area (Å²) in [7, 11) is 1.62. The standard InChI is InChI=1S/C16H19N3O3/c1-11-9-15(18-16(20)19-5-7-22-8-6-19)17-14-10-12(21-2)3-4-13(11)14/h3-4,9-10H,5-8H2,1-2H3,(H,17,18,20). The molecule has 0 saturated carbocycles. The van der Waals surface area contributed by atoms with Crippen LogP contribution in [0.1, 0.15) is 5.56 Å². The fourth-order valence-electron chi connectivity index (χ4n) is 2.53. The quantitative estimate of drug-likeness (QED) is 0.925. The van der Waals surface area contributed by atoms with Crippen LogP contribution in [0.4, 0.5) is 10.6 Å². The van der Waals surface area contributed by atoms with E-state index in [4.69, 9.17) is 9.47 Å². The maximum atomic E-state index is 12.2. The first kappa shape index (κ1) is 14.6. The SMILES string of the molecule is COc1ccc2c(C)cc(NC(=O)N3CCOCC3)nc2c1. The fourth-order valence-corrected chi connectivity index (χ4v) is 2.53. The summed E-state index contributed by atoms with van der Waals surface area (Å²) < 4.78 is 10.5. The third kappa shape index (κ3) is 2.96. The average Bonchev–Trinajstić information content (AvgIpc) is 2.55. The molecule has 0 unspecified atom stereocenters. The lowest BCUT2D eigenvalue weighted by Crippen LogP contribution is -2.43. The smallest absolute Gasteiger partial charge is 0.323 e. The van der Waals surface area contributed by atoms with Gasteiger partial charge in [-0.15, -0.1) is 0 Å². The number of nitrogens with zero attached hydrogens (tertiary/aromatic N) is 2. The number of anilines is 1. The molecule has 1 saturated heterocycles. The van der Waals surface area contributed by atoms with E-state index in [1.54, 1.807) is 12.0 Å². The number of aromatic nitrogens is 1. The Balaban J connectivity index is 1.85. The zero-order chi connectivity index (χ0) is 15.5. The van der Waals surface area contributed by atoms with Crippen molar-refractivity contribution in [3.8, 4) is 5.75 Å². The molecule has 0 aliphatic carbocycles. The summed E-state index contributed by atoms with van der Waals surface area (Å²) in [4.78, 5) is 18.5. The van der Waals surface area contributed by atoms with Crippen LogP contribution in [0.25, 0.3) is 10.9 Å². The molecule has 2 heterocycles. The minimum Gasteiger partial charge on any atom is -0.497 e. The molecule has 1 aromatic carbocycles. The van der Waals surface area contributed by atoms with Crippen LogP contribution in [-0.4, -0.2) is 49.3 Å². The van der Waals surface area contributed by atoms with Crippen molar-refractivity contribution in [1.82, 2.24) is 9.88 Å². The van der Waals surface area contributed by atoms with E-state index in [0.717, 1.165) is 22.2 Å². The number of amides is 2. The molecule has 0 spiro atoms. The number of nitrogens with one attached hydrogen (secondary N) is 1. The van der Waals surface area contributed by atoms with Crippen LogP contribution in [0.15, 0.2) is 24.3 Å². The predicted molar refractivity (Wildman–Crippen MR) is 84.4 cm³/mol. The van der Waals surface area contributed by atoms with Gasteiger partial charge in [-0.25, -0.2) is 9.78 Å². The number of methoxy groups -OCH3 is 1. The number of pyridine rings is 1. The Bertz CT molecular complexity index is 696. The van der Waals surface area contributed by atoms with Gasteiger partial charge in [-0.2, -0.15) is 0 Å². The Morgan fingerprint density at radius 3 is 2.82 bits per heavy atom. The lowest BCUT2D eigenvalue weighted by atomic mass is 10.1. The van der Waals surface area contributed by atoms with Crippen LogP contribution in [0, 0.1) is 6.92 Å². The van der Waals surface area contributed by atoms with Gasteiger partial charge in [0.2, 0.25) is 0 Å². The molecule has 116 valence electrons. The van der Waals surface area contributed by atoms with Crippen molar-refractivity contribution in [3.05, 3.63) is 29.8 Å². The Morgan fingerprint density at radius 1 is 1.32 bits per heavy atom. The third-order valence-corrected chi connectivity index (χ3v) is 3.76. The maximum Gasteiger partial charge on any atom is 0.323 e. The number of fused-ring (bicyclic) bond motifs is 1. The molecular weight excluding hydrogens is 282 g/mol. The fraction of sp³-hybridized carbons (Fsp3) is 0.375. The highest BCUT2D eigenvalue weighted by Crippen LogP contribution is 2.24. The summed E-state index contributed by atoms with van der Waals surface area (Å²) in [6.07, 6.45) is 0. The second-order valence-corrected chi connectivity index (χ2v) is 5.24. The molecule has 1 N–H and O–H groups in total. The molecule has 2 amide bonds. The number of carbonyl (C=O) groups is 1. The van der Waals surface area contributed by atoms with E-state index in [1.165, 1.54) is 0 Å². The van der Waals surface area contributed by atoms with Gasteiger partial charge in [0.05, 0.1) is 25.8 Å². The highest BCUT2D eigenvalue weighted by atomic mass is 16.5. The number of aryl methyl sites for hydroxylation is 1. The minimum atomic E-state index is -0.141. The molecule has 22 heavy (non-hydrogen) atoms. The molecule has 3 rings (SSSR count). The number of carbonyl (C=O) groups excluding carboxylic acids is 1. The largest absolute Gasteiger partial charge is 0.497 e. The van der Waals surface area contributed by atoms with Gasteiger partial charge in [0, 0.05) is 24.5 Å². The molecule has 0 bridgehead atoms. The molecule has 0 radical (unpaired) electrons. The number of benzene rings is 1. The zero-order valence-electron chi connectivity index (χ0n) is 12.8. The molecule has 0 atom stereocenters. The van der Waals surface area contributed by atoms with Gasteiger partial charge in [0.1, 0.15) is 11.6 Å². The number of morpholine rings is 1. The van der Waals surface area contributed by atoms with Crippen molar-refractivity contribution in [2.24, 2.45) is 0 Å². The van der Waals surface area contributed by atoms with E-state index in [-0.39, 0.29) is 6.03 Å². The van der Waals surface area contributed by atoms with Crippen LogP contribution in [-0.2, 0) is 4.74 Å². The van der Waals surface area contributed by atoms with Crippen LogP contribution in [0.3, 0.4) is 0 Å². The Labute approximate surface area is 129 Å². The summed E-state index contributed by atoms with van der Waals surface area (Å²) in [6.45, 7) is 4.36. The molecule has 1 aliphatic heterocycles. The van der Waals surface area contributed by atoms with E-state index < -0.39 is 0 Å². The lowest BCUT2D eigenvalue weighted by molar-refractivity contribution is 0.0564. The number of urea groups is 1. The van der Waals surface area contributed by atoms with Gasteiger partial charge in [-0.3, -0.25) is 5.32 Å². The summed E-state index contributed by atoms with van der Waals surface area (Å²) in [5, 5.41) is 3.91.